The van der Waals surface area contributed by atoms with Crippen LogP contribution < -0.4 is 5.32 Å². The molecule has 0 saturated carbocycles. The molecule has 1 rings (SSSR count). The van der Waals surface area contributed by atoms with Crippen molar-refractivity contribution in [1.82, 2.24) is 15.1 Å². The highest BCUT2D eigenvalue weighted by Crippen LogP contribution is 2.10. The first-order valence-corrected chi connectivity index (χ1v) is 6.99. The number of aromatic nitrogens is 2. The Balaban J connectivity index is 0. The fraction of sp³-hybridized carbons (Fsp3) is 0.786. The Morgan fingerprint density at radius 1 is 1.24 bits per heavy atom. The molecule has 0 aliphatic heterocycles. The molecule has 1 atom stereocenters. The SMILES string of the molecule is CC.CC.CCc1cnn(C(CC)CNC)c1. The summed E-state index contributed by atoms with van der Waals surface area (Å²) in [5, 5.41) is 7.54. The lowest BCUT2D eigenvalue weighted by Gasteiger charge is -2.14. The molecule has 1 heterocycles. The van der Waals surface area contributed by atoms with Gasteiger partial charge >= 0.3 is 0 Å². The van der Waals surface area contributed by atoms with Crippen molar-refractivity contribution in [2.45, 2.75) is 60.4 Å². The van der Waals surface area contributed by atoms with Crippen molar-refractivity contribution in [2.24, 2.45) is 0 Å². The van der Waals surface area contributed by atoms with Crippen molar-refractivity contribution in [1.29, 1.82) is 0 Å². The van der Waals surface area contributed by atoms with Crippen LogP contribution in [0, 0.1) is 0 Å². The standard InChI is InChI=1S/C10H19N3.2C2H6/c1-4-9-6-12-13(8-9)10(5-2)7-11-3;2*1-2/h6,8,10-11H,4-5,7H2,1-3H3;2*1-2H3. The molecular formula is C14H31N3. The van der Waals surface area contributed by atoms with Crippen LogP contribution in [0.2, 0.25) is 0 Å². The third kappa shape index (κ3) is 7.16. The van der Waals surface area contributed by atoms with Crippen LogP contribution >= 0.6 is 0 Å². The number of hydrogen-bond donors (Lipinski definition) is 1. The lowest BCUT2D eigenvalue weighted by Crippen LogP contribution is -2.22. The molecule has 1 aromatic heterocycles. The second-order valence-electron chi connectivity index (χ2n) is 3.30. The predicted molar refractivity (Wildman–Crippen MR) is 77.6 cm³/mol. The molecule has 0 amide bonds. The normalized spacial score (nSPS) is 10.8. The molecule has 3 nitrogen and oxygen atoms in total. The van der Waals surface area contributed by atoms with Gasteiger partial charge in [-0.15, -0.1) is 0 Å². The number of hydrogen-bond acceptors (Lipinski definition) is 2. The second kappa shape index (κ2) is 13.2. The number of nitrogens with one attached hydrogen (secondary N) is 1. The summed E-state index contributed by atoms with van der Waals surface area (Å²) in [6.45, 7) is 13.3. The van der Waals surface area contributed by atoms with Gasteiger partial charge in [0, 0.05) is 12.7 Å². The minimum absolute atomic E-state index is 0.491. The minimum atomic E-state index is 0.491. The van der Waals surface area contributed by atoms with Crippen molar-refractivity contribution in [3.8, 4) is 0 Å². The Bertz CT molecular complexity index is 243. The van der Waals surface area contributed by atoms with Gasteiger partial charge in [0.2, 0.25) is 0 Å². The van der Waals surface area contributed by atoms with E-state index in [1.165, 1.54) is 5.56 Å². The summed E-state index contributed by atoms with van der Waals surface area (Å²) in [5.74, 6) is 0. The Morgan fingerprint density at radius 2 is 1.82 bits per heavy atom. The molecule has 1 aromatic rings. The molecule has 0 aliphatic rings. The summed E-state index contributed by atoms with van der Waals surface area (Å²) in [6.07, 6.45) is 6.28. The maximum atomic E-state index is 4.35. The lowest BCUT2D eigenvalue weighted by molar-refractivity contribution is 0.425. The Labute approximate surface area is 108 Å². The summed E-state index contributed by atoms with van der Waals surface area (Å²) in [6, 6.07) is 0.491. The fourth-order valence-electron chi connectivity index (χ4n) is 1.42. The molecule has 0 aliphatic carbocycles. The summed E-state index contributed by atoms with van der Waals surface area (Å²) in [4.78, 5) is 0. The zero-order valence-electron chi connectivity index (χ0n) is 12.7. The van der Waals surface area contributed by atoms with Gasteiger partial charge in [-0.25, -0.2) is 0 Å². The maximum absolute atomic E-state index is 4.35. The monoisotopic (exact) mass is 241 g/mol. The van der Waals surface area contributed by atoms with Crippen LogP contribution in [0.15, 0.2) is 12.4 Å². The first-order valence-electron chi connectivity index (χ1n) is 6.99. The van der Waals surface area contributed by atoms with Gasteiger partial charge in [-0.3, -0.25) is 4.68 Å². The maximum Gasteiger partial charge on any atom is 0.0640 e. The van der Waals surface area contributed by atoms with E-state index in [0.717, 1.165) is 19.4 Å². The van der Waals surface area contributed by atoms with Crippen LogP contribution in [0.4, 0.5) is 0 Å². The first-order chi connectivity index (χ1) is 8.31. The summed E-state index contributed by atoms with van der Waals surface area (Å²) in [5.41, 5.74) is 1.31. The van der Waals surface area contributed by atoms with Gasteiger partial charge in [0.05, 0.1) is 12.2 Å². The lowest BCUT2D eigenvalue weighted by atomic mass is 10.2. The van der Waals surface area contributed by atoms with E-state index in [1.54, 1.807) is 0 Å². The predicted octanol–water partition coefficient (Wildman–Crippen LogP) is 3.67. The highest BCUT2D eigenvalue weighted by Gasteiger charge is 2.07. The molecule has 1 unspecified atom stereocenters. The Hall–Kier alpha value is -0.830. The zero-order valence-corrected chi connectivity index (χ0v) is 12.7. The zero-order chi connectivity index (χ0) is 13.7. The molecule has 0 fully saturated rings. The van der Waals surface area contributed by atoms with E-state index in [1.807, 2.05) is 40.9 Å². The molecule has 0 bridgehead atoms. The first kappa shape index (κ1) is 18.5. The Morgan fingerprint density at radius 3 is 2.18 bits per heavy atom. The van der Waals surface area contributed by atoms with Gasteiger partial charge in [-0.05, 0) is 25.5 Å². The van der Waals surface area contributed by atoms with Gasteiger partial charge in [0.1, 0.15) is 0 Å². The number of likely N-dealkylation sites (N-methyl/N-ethyl adjacent to an activating group) is 1. The smallest absolute Gasteiger partial charge is 0.0640 e. The number of aryl methyl sites for hydroxylation is 1. The van der Waals surface area contributed by atoms with Crippen molar-refractivity contribution in [3.05, 3.63) is 18.0 Å². The molecule has 0 spiro atoms. The topological polar surface area (TPSA) is 29.9 Å². The Kier molecular flexibility index (Phi) is 14.4. The molecule has 1 N–H and O–H groups in total. The molecule has 0 aromatic carbocycles. The van der Waals surface area contributed by atoms with Gasteiger partial charge in [-0.2, -0.15) is 5.10 Å². The van der Waals surface area contributed by atoms with Gasteiger partial charge in [-0.1, -0.05) is 41.5 Å². The van der Waals surface area contributed by atoms with E-state index in [2.05, 4.69) is 35.1 Å². The van der Waals surface area contributed by atoms with E-state index in [-0.39, 0.29) is 0 Å². The molecule has 17 heavy (non-hydrogen) atoms. The van der Waals surface area contributed by atoms with Crippen LogP contribution in [0.25, 0.3) is 0 Å². The van der Waals surface area contributed by atoms with Crippen molar-refractivity contribution < 1.29 is 0 Å². The van der Waals surface area contributed by atoms with Crippen LogP contribution in [0.3, 0.4) is 0 Å². The van der Waals surface area contributed by atoms with E-state index in [0.29, 0.717) is 6.04 Å². The van der Waals surface area contributed by atoms with Crippen LogP contribution in [0.5, 0.6) is 0 Å². The van der Waals surface area contributed by atoms with Crippen molar-refractivity contribution >= 4 is 0 Å². The van der Waals surface area contributed by atoms with Gasteiger partial charge in [0.15, 0.2) is 0 Å². The van der Waals surface area contributed by atoms with Crippen LogP contribution in [0.1, 0.15) is 59.6 Å². The van der Waals surface area contributed by atoms with Crippen LogP contribution in [-0.2, 0) is 6.42 Å². The van der Waals surface area contributed by atoms with Crippen molar-refractivity contribution in [2.75, 3.05) is 13.6 Å². The quantitative estimate of drug-likeness (QED) is 0.852. The molecule has 102 valence electrons. The van der Waals surface area contributed by atoms with Crippen molar-refractivity contribution in [3.63, 3.8) is 0 Å². The van der Waals surface area contributed by atoms with E-state index >= 15 is 0 Å². The van der Waals surface area contributed by atoms with Gasteiger partial charge in [0.25, 0.3) is 0 Å². The third-order valence-corrected chi connectivity index (χ3v) is 2.35. The average Bonchev–Trinajstić information content (AvgIpc) is 2.89. The second-order valence-corrected chi connectivity index (χ2v) is 3.30. The number of nitrogens with zero attached hydrogens (tertiary/aromatic N) is 2. The highest BCUT2D eigenvalue weighted by atomic mass is 15.3. The van der Waals surface area contributed by atoms with E-state index in [4.69, 9.17) is 0 Å². The molecule has 0 saturated heterocycles. The summed E-state index contributed by atoms with van der Waals surface area (Å²) in [7, 11) is 1.98. The summed E-state index contributed by atoms with van der Waals surface area (Å²) >= 11 is 0. The average molecular weight is 241 g/mol. The molecule has 0 radical (unpaired) electrons. The molecule has 3 heteroatoms. The number of rotatable bonds is 5. The van der Waals surface area contributed by atoms with E-state index in [9.17, 15) is 0 Å². The molecular weight excluding hydrogens is 210 g/mol. The fourth-order valence-corrected chi connectivity index (χ4v) is 1.42. The highest BCUT2D eigenvalue weighted by molar-refractivity contribution is 5.03. The van der Waals surface area contributed by atoms with Crippen LogP contribution in [-0.4, -0.2) is 23.4 Å². The van der Waals surface area contributed by atoms with Gasteiger partial charge < -0.3 is 5.32 Å². The van der Waals surface area contributed by atoms with E-state index < -0.39 is 0 Å². The minimum Gasteiger partial charge on any atom is -0.318 e. The summed E-state index contributed by atoms with van der Waals surface area (Å²) < 4.78 is 2.06. The third-order valence-electron chi connectivity index (χ3n) is 2.35. The largest absolute Gasteiger partial charge is 0.318 e.